The molecule has 2 N–H and O–H groups in total. The van der Waals surface area contributed by atoms with E-state index in [2.05, 4.69) is 15.8 Å². The summed E-state index contributed by atoms with van der Waals surface area (Å²) in [4.78, 5) is 36.5. The highest BCUT2D eigenvalue weighted by Crippen LogP contribution is 2.28. The van der Waals surface area contributed by atoms with E-state index in [1.807, 2.05) is 6.07 Å². The minimum Gasteiger partial charge on any atom is -0.493 e. The minimum absolute atomic E-state index is 0.234. The third-order valence-corrected chi connectivity index (χ3v) is 5.04. The van der Waals surface area contributed by atoms with Crippen molar-refractivity contribution in [3.8, 4) is 17.6 Å². The lowest BCUT2D eigenvalue weighted by Gasteiger charge is -2.09. The van der Waals surface area contributed by atoms with E-state index in [0.29, 0.717) is 21.9 Å². The summed E-state index contributed by atoms with van der Waals surface area (Å²) in [5.74, 6) is -1.82. The first-order chi connectivity index (χ1) is 16.0. The van der Waals surface area contributed by atoms with E-state index in [-0.39, 0.29) is 12.2 Å². The number of ether oxygens (including phenoxy) is 2. The fraction of sp³-hybridized carbons (Fsp3) is 0.0870. The summed E-state index contributed by atoms with van der Waals surface area (Å²) >= 11 is 1.26. The number of nitrogens with zero attached hydrogens (tertiary/aromatic N) is 2. The molecule has 3 aromatic rings. The summed E-state index contributed by atoms with van der Waals surface area (Å²) in [5.41, 5.74) is 3.89. The number of methoxy groups -OCH3 is 1. The maximum absolute atomic E-state index is 12.1. The first-order valence-electron chi connectivity index (χ1n) is 9.54. The molecular weight excluding hydrogens is 444 g/mol. The van der Waals surface area contributed by atoms with Crippen LogP contribution < -0.4 is 20.2 Å². The van der Waals surface area contributed by atoms with Crippen molar-refractivity contribution in [3.63, 3.8) is 0 Å². The normalized spacial score (nSPS) is 10.3. The Bertz CT molecular complexity index is 1210. The number of carbonyl (C=O) groups is 3. The molecule has 10 heteroatoms. The van der Waals surface area contributed by atoms with Gasteiger partial charge in [0.15, 0.2) is 11.5 Å². The van der Waals surface area contributed by atoms with E-state index in [0.717, 1.165) is 5.56 Å². The van der Waals surface area contributed by atoms with Crippen LogP contribution in [0.1, 0.15) is 20.8 Å². The predicted octanol–water partition coefficient (Wildman–Crippen LogP) is 3.13. The van der Waals surface area contributed by atoms with E-state index in [1.54, 1.807) is 53.9 Å². The second kappa shape index (κ2) is 11.2. The Morgan fingerprint density at radius 3 is 2.55 bits per heavy atom. The van der Waals surface area contributed by atoms with Crippen LogP contribution in [0.3, 0.4) is 0 Å². The Balaban J connectivity index is 1.56. The summed E-state index contributed by atoms with van der Waals surface area (Å²) in [6.45, 7) is 0. The average molecular weight is 462 g/mol. The molecule has 3 rings (SSSR count). The van der Waals surface area contributed by atoms with Gasteiger partial charge in [0, 0.05) is 5.69 Å². The summed E-state index contributed by atoms with van der Waals surface area (Å²) in [7, 11) is 1.43. The number of carbonyl (C=O) groups excluding carboxylic acids is 3. The van der Waals surface area contributed by atoms with E-state index in [9.17, 15) is 14.4 Å². The molecule has 1 heterocycles. The van der Waals surface area contributed by atoms with Crippen LogP contribution in [-0.2, 0) is 16.0 Å². The van der Waals surface area contributed by atoms with Crippen LogP contribution in [0.5, 0.6) is 11.5 Å². The third kappa shape index (κ3) is 6.49. The van der Waals surface area contributed by atoms with Crippen LogP contribution in [0, 0.1) is 11.3 Å². The maximum atomic E-state index is 12.1. The first kappa shape index (κ1) is 23.2. The number of anilines is 1. The van der Waals surface area contributed by atoms with Gasteiger partial charge in [-0.2, -0.15) is 10.4 Å². The Morgan fingerprint density at radius 2 is 1.88 bits per heavy atom. The third-order valence-electron chi connectivity index (χ3n) is 4.19. The summed E-state index contributed by atoms with van der Waals surface area (Å²) in [5, 5.41) is 16.7. The van der Waals surface area contributed by atoms with Gasteiger partial charge in [0.25, 0.3) is 0 Å². The highest BCUT2D eigenvalue weighted by molar-refractivity contribution is 7.12. The van der Waals surface area contributed by atoms with Crippen LogP contribution in [0.4, 0.5) is 5.69 Å². The van der Waals surface area contributed by atoms with Gasteiger partial charge in [0.2, 0.25) is 0 Å². The zero-order valence-corrected chi connectivity index (χ0v) is 18.2. The molecule has 0 atom stereocenters. The zero-order valence-electron chi connectivity index (χ0n) is 17.4. The molecule has 33 heavy (non-hydrogen) atoms. The highest BCUT2D eigenvalue weighted by Gasteiger charge is 2.14. The lowest BCUT2D eigenvalue weighted by Crippen LogP contribution is -2.32. The molecule has 0 aliphatic carbocycles. The second-order valence-corrected chi connectivity index (χ2v) is 7.41. The molecule has 0 saturated carbocycles. The SMILES string of the molecule is COc1cc(/C=N/NC(=O)C(=O)Nc2ccc(CC#N)cc2)ccc1OC(=O)c1cccs1. The number of hydrazone groups is 1. The lowest BCUT2D eigenvalue weighted by molar-refractivity contribution is -0.136. The summed E-state index contributed by atoms with van der Waals surface area (Å²) in [6.07, 6.45) is 1.57. The van der Waals surface area contributed by atoms with E-state index >= 15 is 0 Å². The van der Waals surface area contributed by atoms with Gasteiger partial charge >= 0.3 is 17.8 Å². The number of nitriles is 1. The van der Waals surface area contributed by atoms with Crippen LogP contribution in [0.25, 0.3) is 0 Å². The Kier molecular flexibility index (Phi) is 7.88. The number of benzene rings is 2. The van der Waals surface area contributed by atoms with Crippen molar-refractivity contribution in [2.45, 2.75) is 6.42 Å². The molecule has 0 bridgehead atoms. The Morgan fingerprint density at radius 1 is 1.09 bits per heavy atom. The largest absolute Gasteiger partial charge is 0.493 e. The van der Waals surface area contributed by atoms with Gasteiger partial charge in [0.05, 0.1) is 25.8 Å². The number of amides is 2. The monoisotopic (exact) mass is 462 g/mol. The summed E-state index contributed by atoms with van der Waals surface area (Å²) in [6, 6.07) is 16.7. The fourth-order valence-electron chi connectivity index (χ4n) is 2.59. The van der Waals surface area contributed by atoms with Crippen molar-refractivity contribution >= 4 is 41.0 Å². The highest BCUT2D eigenvalue weighted by atomic mass is 32.1. The molecule has 0 saturated heterocycles. The molecule has 0 unspecified atom stereocenters. The Hall–Kier alpha value is -4.49. The molecule has 0 aliphatic heterocycles. The molecule has 0 fully saturated rings. The minimum atomic E-state index is -0.958. The average Bonchev–Trinajstić information content (AvgIpc) is 3.36. The van der Waals surface area contributed by atoms with Crippen molar-refractivity contribution in [1.82, 2.24) is 5.43 Å². The summed E-state index contributed by atoms with van der Waals surface area (Å²) < 4.78 is 10.6. The molecule has 0 spiro atoms. The van der Waals surface area contributed by atoms with Crippen LogP contribution in [0.15, 0.2) is 65.1 Å². The molecule has 9 nitrogen and oxygen atoms in total. The van der Waals surface area contributed by atoms with Crippen molar-refractivity contribution in [2.75, 3.05) is 12.4 Å². The van der Waals surface area contributed by atoms with Crippen molar-refractivity contribution in [1.29, 1.82) is 5.26 Å². The van der Waals surface area contributed by atoms with E-state index < -0.39 is 17.8 Å². The van der Waals surface area contributed by atoms with Crippen LogP contribution in [0.2, 0.25) is 0 Å². The smallest absolute Gasteiger partial charge is 0.353 e. The lowest BCUT2D eigenvalue weighted by atomic mass is 10.1. The molecule has 0 aliphatic rings. The molecule has 0 radical (unpaired) electrons. The van der Waals surface area contributed by atoms with Gasteiger partial charge in [-0.3, -0.25) is 9.59 Å². The van der Waals surface area contributed by atoms with E-state index in [4.69, 9.17) is 14.7 Å². The maximum Gasteiger partial charge on any atom is 0.353 e. The molecule has 1 aromatic heterocycles. The molecular formula is C23H18N4O5S. The number of esters is 1. The fourth-order valence-corrected chi connectivity index (χ4v) is 3.19. The van der Waals surface area contributed by atoms with Gasteiger partial charge in [-0.25, -0.2) is 10.2 Å². The Labute approximate surface area is 193 Å². The quantitative estimate of drug-likeness (QED) is 0.182. The van der Waals surface area contributed by atoms with Gasteiger partial charge < -0.3 is 14.8 Å². The van der Waals surface area contributed by atoms with Crippen molar-refractivity contribution in [2.24, 2.45) is 5.10 Å². The van der Waals surface area contributed by atoms with Crippen molar-refractivity contribution in [3.05, 3.63) is 76.0 Å². The van der Waals surface area contributed by atoms with Gasteiger partial charge in [-0.05, 0) is 52.9 Å². The molecule has 2 amide bonds. The van der Waals surface area contributed by atoms with Gasteiger partial charge in [-0.15, -0.1) is 11.3 Å². The number of nitrogens with one attached hydrogen (secondary N) is 2. The zero-order chi connectivity index (χ0) is 23.6. The second-order valence-electron chi connectivity index (χ2n) is 6.46. The molecule has 166 valence electrons. The van der Waals surface area contributed by atoms with E-state index in [1.165, 1.54) is 30.7 Å². The topological polar surface area (TPSA) is 130 Å². The van der Waals surface area contributed by atoms with Crippen molar-refractivity contribution < 1.29 is 23.9 Å². The van der Waals surface area contributed by atoms with Gasteiger partial charge in [0.1, 0.15) is 4.88 Å². The van der Waals surface area contributed by atoms with Gasteiger partial charge in [-0.1, -0.05) is 18.2 Å². The first-order valence-corrected chi connectivity index (χ1v) is 10.4. The number of thiophene rings is 1. The molecule has 2 aromatic carbocycles. The predicted molar refractivity (Wildman–Crippen MR) is 122 cm³/mol. The van der Waals surface area contributed by atoms with Crippen LogP contribution >= 0.6 is 11.3 Å². The number of hydrogen-bond donors (Lipinski definition) is 2. The number of rotatable bonds is 7. The van der Waals surface area contributed by atoms with Crippen LogP contribution in [-0.4, -0.2) is 31.1 Å². The standard InChI is InChI=1S/C23H18N4O5S/c1-31-19-13-16(6-9-18(19)32-23(30)20-3-2-12-33-20)14-25-27-22(29)21(28)26-17-7-4-15(5-8-17)10-11-24/h2-9,12-14H,10H2,1H3,(H,26,28)(H,27,29)/b25-14+. The number of hydrogen-bond acceptors (Lipinski definition) is 8.